The Morgan fingerprint density at radius 1 is 1.25 bits per heavy atom. The molecule has 0 aliphatic heterocycles. The van der Waals surface area contributed by atoms with Gasteiger partial charge < -0.3 is 0 Å². The lowest BCUT2D eigenvalue weighted by Gasteiger charge is -1.97. The van der Waals surface area contributed by atoms with Crippen LogP contribution in [0.2, 0.25) is 0 Å². The molecule has 1 aromatic carbocycles. The zero-order valence-corrected chi connectivity index (χ0v) is 6.82. The summed E-state index contributed by atoms with van der Waals surface area (Å²) in [6, 6.07) is 5.23. The number of nitrogens with two attached hydrogens (primary N) is 1. The molecule has 1 aromatic rings. The minimum Gasteiger partial charge on any atom is -0.282 e. The van der Waals surface area contributed by atoms with Crippen LogP contribution in [0.3, 0.4) is 0 Å². The van der Waals surface area contributed by atoms with Crippen molar-refractivity contribution in [1.29, 1.82) is 0 Å². The van der Waals surface area contributed by atoms with Crippen molar-refractivity contribution >= 4 is 15.8 Å². The minimum absolute atomic E-state index is 0.171. The molecule has 0 aliphatic carbocycles. The maximum absolute atomic E-state index is 10.5. The van der Waals surface area contributed by atoms with Gasteiger partial charge in [0, 0.05) is 0 Å². The second kappa shape index (κ2) is 3.10. The molecule has 0 spiro atoms. The van der Waals surface area contributed by atoms with Crippen LogP contribution in [-0.4, -0.2) is 13.0 Å². The first-order valence-corrected chi connectivity index (χ1v) is 4.46. The summed E-state index contributed by atoms with van der Waals surface area (Å²) in [5, 5.41) is 0. The van der Waals surface area contributed by atoms with Crippen molar-refractivity contribution in [2.75, 3.05) is 0 Å². The maximum atomic E-state index is 10.5. The summed E-state index contributed by atoms with van der Waals surface area (Å²) < 4.78 is 29.6. The summed E-state index contributed by atoms with van der Waals surface area (Å²) in [6.45, 7) is 0. The van der Waals surface area contributed by atoms with Gasteiger partial charge in [0.15, 0.2) is 0 Å². The number of hydrogen-bond donors (Lipinski definition) is 2. The third-order valence-corrected chi connectivity index (χ3v) is 2.15. The Balaban J connectivity index is 3.09. The topological polar surface area (TPSA) is 94.5 Å². The Labute approximate surface area is 69.9 Å². The second-order valence-electron chi connectivity index (χ2n) is 2.10. The Hall–Kier alpha value is -1.11. The van der Waals surface area contributed by atoms with Crippen LogP contribution in [0.5, 0.6) is 0 Å². The van der Waals surface area contributed by atoms with E-state index in [-0.39, 0.29) is 4.90 Å². The van der Waals surface area contributed by atoms with E-state index in [2.05, 4.69) is 5.43 Å². The van der Waals surface area contributed by atoms with Crippen LogP contribution in [0.1, 0.15) is 0 Å². The molecule has 0 aliphatic rings. The van der Waals surface area contributed by atoms with Gasteiger partial charge in [-0.1, -0.05) is 0 Å². The van der Waals surface area contributed by atoms with E-state index in [9.17, 15) is 8.42 Å². The number of rotatable bonds is 2. The highest BCUT2D eigenvalue weighted by Gasteiger charge is 2.07. The lowest BCUT2D eigenvalue weighted by atomic mass is 10.3. The fourth-order valence-electron chi connectivity index (χ4n) is 0.704. The molecule has 0 bridgehead atoms. The van der Waals surface area contributed by atoms with Crippen molar-refractivity contribution in [3.63, 3.8) is 0 Å². The summed E-state index contributed by atoms with van der Waals surface area (Å²) in [4.78, 5) is -0.171. The van der Waals surface area contributed by atoms with Gasteiger partial charge in [0.25, 0.3) is 10.1 Å². The first-order valence-electron chi connectivity index (χ1n) is 3.02. The largest absolute Gasteiger partial charge is 0.294 e. The number of benzene rings is 1. The lowest BCUT2D eigenvalue weighted by Crippen LogP contribution is -2.05. The molecule has 0 unspecified atom stereocenters. The predicted molar refractivity (Wildman–Crippen MR) is 42.2 cm³/mol. The van der Waals surface area contributed by atoms with Gasteiger partial charge in [-0.3, -0.25) is 4.55 Å². The Morgan fingerprint density at radius 3 is 2.08 bits per heavy atom. The summed E-state index contributed by atoms with van der Waals surface area (Å²) in [7, 11) is -4.11. The smallest absolute Gasteiger partial charge is 0.282 e. The third kappa shape index (κ3) is 1.94. The molecule has 6 heteroatoms. The molecule has 0 aromatic heterocycles. The Morgan fingerprint density at radius 2 is 1.75 bits per heavy atom. The molecule has 0 atom stereocenters. The van der Waals surface area contributed by atoms with E-state index in [1.807, 2.05) is 0 Å². The van der Waals surface area contributed by atoms with Gasteiger partial charge >= 0.3 is 0 Å². The average Bonchev–Trinajstić information content (AvgIpc) is 2.03. The van der Waals surface area contributed by atoms with Crippen molar-refractivity contribution in [3.8, 4) is 0 Å². The molecule has 0 saturated heterocycles. The number of hydrogen-bond acceptors (Lipinski definition) is 3. The fourth-order valence-corrected chi connectivity index (χ4v) is 1.18. The quantitative estimate of drug-likeness (QED) is 0.388. The molecule has 0 saturated carbocycles. The molecular formula is C6H7N2O3S. The van der Waals surface area contributed by atoms with E-state index in [0.29, 0.717) is 5.69 Å². The molecule has 0 fully saturated rings. The van der Waals surface area contributed by atoms with Crippen molar-refractivity contribution in [3.05, 3.63) is 24.3 Å². The Kier molecular flexibility index (Phi) is 2.32. The van der Waals surface area contributed by atoms with Gasteiger partial charge in [-0.2, -0.15) is 8.42 Å². The Bertz CT molecular complexity index is 357. The first-order chi connectivity index (χ1) is 5.54. The average molecular weight is 187 g/mol. The monoisotopic (exact) mass is 187 g/mol. The fraction of sp³-hybridized carbons (Fsp3) is 0. The SMILES string of the molecule is N[N]c1ccc(S(=O)(=O)O)cc1. The summed E-state index contributed by atoms with van der Waals surface area (Å²) in [5.41, 5.74) is 3.76. The van der Waals surface area contributed by atoms with Crippen LogP contribution in [0.4, 0.5) is 5.69 Å². The van der Waals surface area contributed by atoms with E-state index in [1.54, 1.807) is 0 Å². The van der Waals surface area contributed by atoms with Crippen LogP contribution in [0.15, 0.2) is 29.2 Å². The van der Waals surface area contributed by atoms with E-state index < -0.39 is 10.1 Å². The zero-order valence-electron chi connectivity index (χ0n) is 6.01. The van der Waals surface area contributed by atoms with Gasteiger partial charge in [0.05, 0.1) is 10.6 Å². The van der Waals surface area contributed by atoms with Gasteiger partial charge in [0.1, 0.15) is 0 Å². The van der Waals surface area contributed by atoms with E-state index in [1.165, 1.54) is 24.3 Å². The van der Waals surface area contributed by atoms with Crippen LogP contribution in [0, 0.1) is 0 Å². The third-order valence-electron chi connectivity index (χ3n) is 1.28. The highest BCUT2D eigenvalue weighted by atomic mass is 32.2. The van der Waals surface area contributed by atoms with Gasteiger partial charge in [-0.05, 0) is 24.3 Å². The van der Waals surface area contributed by atoms with Crippen LogP contribution in [-0.2, 0) is 10.1 Å². The normalized spacial score (nSPS) is 11.2. The van der Waals surface area contributed by atoms with Crippen molar-refractivity contribution in [2.45, 2.75) is 4.90 Å². The molecule has 1 radical (unpaired) electrons. The molecule has 1 rings (SSSR count). The standard InChI is InChI=1S/C6H7N2O3S/c7-8-5-1-3-6(4-2-5)12(9,10)11/h1-4H,7H2,(H,9,10,11). The molecule has 3 N–H and O–H groups in total. The summed E-state index contributed by atoms with van der Waals surface area (Å²) >= 11 is 0. The lowest BCUT2D eigenvalue weighted by molar-refractivity contribution is 0.483. The predicted octanol–water partition coefficient (Wildman–Crippen LogP) is 0.0429. The van der Waals surface area contributed by atoms with Gasteiger partial charge in [-0.25, -0.2) is 11.3 Å². The van der Waals surface area contributed by atoms with Crippen molar-refractivity contribution in [1.82, 2.24) is 5.43 Å². The van der Waals surface area contributed by atoms with Crippen LogP contribution < -0.4 is 11.3 Å². The van der Waals surface area contributed by atoms with Crippen molar-refractivity contribution in [2.24, 2.45) is 5.84 Å². The van der Waals surface area contributed by atoms with Crippen LogP contribution in [0.25, 0.3) is 0 Å². The number of nitrogens with zero attached hydrogens (tertiary/aromatic N) is 1. The first kappa shape index (κ1) is 8.98. The summed E-state index contributed by atoms with van der Waals surface area (Å²) in [6.07, 6.45) is 0. The molecule has 65 valence electrons. The minimum atomic E-state index is -4.11. The second-order valence-corrected chi connectivity index (χ2v) is 3.52. The zero-order chi connectivity index (χ0) is 9.19. The summed E-state index contributed by atoms with van der Waals surface area (Å²) in [5.74, 6) is 4.92. The molecule has 0 heterocycles. The maximum Gasteiger partial charge on any atom is 0.294 e. The molecule has 5 nitrogen and oxygen atoms in total. The van der Waals surface area contributed by atoms with Crippen LogP contribution >= 0.6 is 0 Å². The van der Waals surface area contributed by atoms with Gasteiger partial charge in [0.2, 0.25) is 0 Å². The molecular weight excluding hydrogens is 180 g/mol. The van der Waals surface area contributed by atoms with E-state index >= 15 is 0 Å². The highest BCUT2D eigenvalue weighted by molar-refractivity contribution is 7.85. The molecule has 0 amide bonds. The van der Waals surface area contributed by atoms with E-state index in [4.69, 9.17) is 10.4 Å². The van der Waals surface area contributed by atoms with Gasteiger partial charge in [-0.15, -0.1) is 0 Å². The van der Waals surface area contributed by atoms with E-state index in [0.717, 1.165) is 0 Å². The highest BCUT2D eigenvalue weighted by Crippen LogP contribution is 2.12. The van der Waals surface area contributed by atoms with Crippen molar-refractivity contribution < 1.29 is 13.0 Å². The molecule has 12 heavy (non-hydrogen) atoms.